The molecule has 1 nitrogen and oxygen atoms in total. The van der Waals surface area contributed by atoms with Crippen molar-refractivity contribution >= 4 is 17.9 Å². The van der Waals surface area contributed by atoms with Gasteiger partial charge in [-0.05, 0) is 42.7 Å². The average Bonchev–Trinajstić information content (AvgIpc) is 2.47. The van der Waals surface area contributed by atoms with E-state index in [4.69, 9.17) is 0 Å². The lowest BCUT2D eigenvalue weighted by molar-refractivity contribution is -0.111. The zero-order chi connectivity index (χ0) is 14.4. The summed E-state index contributed by atoms with van der Waals surface area (Å²) in [6, 6.07) is 18.0. The van der Waals surface area contributed by atoms with Gasteiger partial charge in [0.05, 0.1) is 0 Å². The highest BCUT2D eigenvalue weighted by atomic mass is 16.1. The minimum atomic E-state index is 0.0365. The number of hydrogen-bond donors (Lipinski definition) is 0. The Morgan fingerprint density at radius 3 is 2.20 bits per heavy atom. The number of ketones is 1. The Morgan fingerprint density at radius 2 is 1.55 bits per heavy atom. The lowest BCUT2D eigenvalue weighted by Crippen LogP contribution is -1.93. The molecule has 0 aliphatic heterocycles. The van der Waals surface area contributed by atoms with Crippen LogP contribution in [0.25, 0.3) is 12.2 Å². The maximum Gasteiger partial charge on any atom is 0.181 e. The molecule has 0 fully saturated rings. The number of allylic oxidation sites excluding steroid dienone is 2. The van der Waals surface area contributed by atoms with Crippen molar-refractivity contribution in [2.45, 2.75) is 13.8 Å². The van der Waals surface area contributed by atoms with E-state index in [2.05, 4.69) is 0 Å². The largest absolute Gasteiger partial charge is 0.290 e. The van der Waals surface area contributed by atoms with Crippen molar-refractivity contribution in [3.05, 3.63) is 82.9 Å². The van der Waals surface area contributed by atoms with Crippen molar-refractivity contribution in [1.82, 2.24) is 0 Å². The van der Waals surface area contributed by atoms with Gasteiger partial charge in [0.15, 0.2) is 5.78 Å². The summed E-state index contributed by atoms with van der Waals surface area (Å²) in [6.07, 6.45) is 5.38. The smallest absolute Gasteiger partial charge is 0.181 e. The van der Waals surface area contributed by atoms with Gasteiger partial charge in [0.25, 0.3) is 0 Å². The second kappa shape index (κ2) is 6.67. The van der Waals surface area contributed by atoms with Crippen molar-refractivity contribution < 1.29 is 4.79 Å². The third-order valence-electron chi connectivity index (χ3n) is 3.08. The van der Waals surface area contributed by atoms with Crippen molar-refractivity contribution in [3.8, 4) is 0 Å². The van der Waals surface area contributed by atoms with Gasteiger partial charge >= 0.3 is 0 Å². The molecule has 0 aromatic heterocycles. The van der Waals surface area contributed by atoms with Gasteiger partial charge in [-0.15, -0.1) is 0 Å². The first kappa shape index (κ1) is 14.0. The Kier molecular flexibility index (Phi) is 4.67. The van der Waals surface area contributed by atoms with Crippen LogP contribution in [0.1, 0.15) is 23.6 Å². The minimum Gasteiger partial charge on any atom is -0.290 e. The molecule has 0 N–H and O–H groups in total. The summed E-state index contributed by atoms with van der Waals surface area (Å²) >= 11 is 0. The molecule has 1 heteroatoms. The SMILES string of the molecule is C/C(=C\c1ccccc1)C(=O)/C=C/c1ccc(C)cc1. The second-order valence-electron chi connectivity index (χ2n) is 4.85. The summed E-state index contributed by atoms with van der Waals surface area (Å²) in [5.41, 5.74) is 4.03. The maximum atomic E-state index is 12.0. The van der Waals surface area contributed by atoms with E-state index in [1.165, 1.54) is 5.56 Å². The van der Waals surface area contributed by atoms with Gasteiger partial charge in [-0.3, -0.25) is 4.79 Å². The maximum absolute atomic E-state index is 12.0. The van der Waals surface area contributed by atoms with Crippen LogP contribution in [0.5, 0.6) is 0 Å². The standard InChI is InChI=1S/C19H18O/c1-15-8-10-17(11-9-15)12-13-19(20)16(2)14-18-6-4-3-5-7-18/h3-14H,1-2H3/b13-12+,16-14+. The van der Waals surface area contributed by atoms with E-state index in [0.29, 0.717) is 0 Å². The molecule has 0 radical (unpaired) electrons. The van der Waals surface area contributed by atoms with E-state index in [1.807, 2.05) is 80.6 Å². The highest BCUT2D eigenvalue weighted by molar-refractivity contribution is 6.08. The van der Waals surface area contributed by atoms with Crippen LogP contribution in [0.15, 0.2) is 66.2 Å². The summed E-state index contributed by atoms with van der Waals surface area (Å²) in [5.74, 6) is 0.0365. The molecule has 0 atom stereocenters. The van der Waals surface area contributed by atoms with E-state index in [9.17, 15) is 4.79 Å². The van der Waals surface area contributed by atoms with Gasteiger partial charge in [-0.1, -0.05) is 66.2 Å². The highest BCUT2D eigenvalue weighted by Gasteiger charge is 1.99. The van der Waals surface area contributed by atoms with Crippen molar-refractivity contribution in [2.24, 2.45) is 0 Å². The lowest BCUT2D eigenvalue weighted by Gasteiger charge is -1.97. The lowest BCUT2D eigenvalue weighted by atomic mass is 10.1. The summed E-state index contributed by atoms with van der Waals surface area (Å²) in [7, 11) is 0. The molecule has 0 aliphatic rings. The quantitative estimate of drug-likeness (QED) is 0.731. The van der Waals surface area contributed by atoms with Crippen LogP contribution in [0.2, 0.25) is 0 Å². The minimum absolute atomic E-state index is 0.0365. The normalized spacial score (nSPS) is 11.8. The van der Waals surface area contributed by atoms with Crippen molar-refractivity contribution in [1.29, 1.82) is 0 Å². The molecule has 0 spiro atoms. The Balaban J connectivity index is 2.08. The predicted molar refractivity (Wildman–Crippen MR) is 85.3 cm³/mol. The molecule has 0 unspecified atom stereocenters. The molecule has 0 bridgehead atoms. The van der Waals surface area contributed by atoms with E-state index in [-0.39, 0.29) is 5.78 Å². The third-order valence-corrected chi connectivity index (χ3v) is 3.08. The first-order valence-corrected chi connectivity index (χ1v) is 6.67. The van der Waals surface area contributed by atoms with Crippen LogP contribution in [-0.2, 0) is 4.79 Å². The van der Waals surface area contributed by atoms with Gasteiger partial charge < -0.3 is 0 Å². The molecule has 2 aromatic carbocycles. The molecule has 100 valence electrons. The molecular weight excluding hydrogens is 244 g/mol. The molecule has 2 rings (SSSR count). The number of rotatable bonds is 4. The van der Waals surface area contributed by atoms with E-state index >= 15 is 0 Å². The first-order chi connectivity index (χ1) is 9.65. The summed E-state index contributed by atoms with van der Waals surface area (Å²) < 4.78 is 0. The fourth-order valence-corrected chi connectivity index (χ4v) is 1.85. The molecule has 2 aromatic rings. The fraction of sp³-hybridized carbons (Fsp3) is 0.105. The van der Waals surface area contributed by atoms with Gasteiger partial charge in [-0.25, -0.2) is 0 Å². The fourth-order valence-electron chi connectivity index (χ4n) is 1.85. The zero-order valence-corrected chi connectivity index (χ0v) is 11.8. The number of aryl methyl sites for hydroxylation is 1. The number of carbonyl (C=O) groups is 1. The third kappa shape index (κ3) is 4.06. The topological polar surface area (TPSA) is 17.1 Å². The van der Waals surface area contributed by atoms with E-state index in [0.717, 1.165) is 16.7 Å². The molecular formula is C19H18O. The van der Waals surface area contributed by atoms with Crippen molar-refractivity contribution in [3.63, 3.8) is 0 Å². The van der Waals surface area contributed by atoms with Gasteiger partial charge in [0.2, 0.25) is 0 Å². The van der Waals surface area contributed by atoms with Gasteiger partial charge in [0, 0.05) is 0 Å². The zero-order valence-electron chi connectivity index (χ0n) is 11.8. The molecule has 0 saturated heterocycles. The summed E-state index contributed by atoms with van der Waals surface area (Å²) in [4.78, 5) is 12.0. The number of benzene rings is 2. The van der Waals surface area contributed by atoms with Crippen LogP contribution in [0.3, 0.4) is 0 Å². The van der Waals surface area contributed by atoms with Gasteiger partial charge in [0.1, 0.15) is 0 Å². The van der Waals surface area contributed by atoms with E-state index in [1.54, 1.807) is 6.08 Å². The summed E-state index contributed by atoms with van der Waals surface area (Å²) in [6.45, 7) is 3.89. The number of carbonyl (C=O) groups excluding carboxylic acids is 1. The Bertz CT molecular complexity index is 631. The first-order valence-electron chi connectivity index (χ1n) is 6.67. The second-order valence-corrected chi connectivity index (χ2v) is 4.85. The monoisotopic (exact) mass is 262 g/mol. The Hall–Kier alpha value is -2.41. The molecule has 20 heavy (non-hydrogen) atoms. The van der Waals surface area contributed by atoms with E-state index < -0.39 is 0 Å². The molecule has 0 aliphatic carbocycles. The summed E-state index contributed by atoms with van der Waals surface area (Å²) in [5, 5.41) is 0. The molecule has 0 saturated carbocycles. The molecule has 0 heterocycles. The van der Waals surface area contributed by atoms with Gasteiger partial charge in [-0.2, -0.15) is 0 Å². The van der Waals surface area contributed by atoms with Crippen LogP contribution in [0.4, 0.5) is 0 Å². The molecule has 0 amide bonds. The van der Waals surface area contributed by atoms with Crippen molar-refractivity contribution in [2.75, 3.05) is 0 Å². The Morgan fingerprint density at radius 1 is 0.900 bits per heavy atom. The average molecular weight is 262 g/mol. The van der Waals surface area contributed by atoms with Crippen LogP contribution >= 0.6 is 0 Å². The van der Waals surface area contributed by atoms with Crippen LogP contribution in [-0.4, -0.2) is 5.78 Å². The van der Waals surface area contributed by atoms with Crippen LogP contribution < -0.4 is 0 Å². The number of hydrogen-bond acceptors (Lipinski definition) is 1. The Labute approximate surface area is 120 Å². The van der Waals surface area contributed by atoms with Crippen LogP contribution in [0, 0.1) is 6.92 Å². The predicted octanol–water partition coefficient (Wildman–Crippen LogP) is 4.68. The highest BCUT2D eigenvalue weighted by Crippen LogP contribution is 2.09.